The molecule has 0 unspecified atom stereocenters. The minimum atomic E-state index is 0.191. The van der Waals surface area contributed by atoms with Crippen LogP contribution in [0.1, 0.15) is 34.1 Å². The first-order valence-electron chi connectivity index (χ1n) is 11.9. The third kappa shape index (κ3) is 5.10. The van der Waals surface area contributed by atoms with Gasteiger partial charge in [-0.3, -0.25) is 9.58 Å². The van der Waals surface area contributed by atoms with Crippen LogP contribution in [-0.2, 0) is 19.6 Å². The zero-order valence-electron chi connectivity index (χ0n) is 20.7. The second kappa shape index (κ2) is 9.59. The number of anilines is 2. The summed E-state index contributed by atoms with van der Waals surface area (Å²) < 4.78 is 7.01. The van der Waals surface area contributed by atoms with E-state index >= 15 is 0 Å². The Labute approximate surface area is 204 Å². The van der Waals surface area contributed by atoms with Gasteiger partial charge in [-0.2, -0.15) is 15.1 Å². The summed E-state index contributed by atoms with van der Waals surface area (Å²) in [6, 6.07) is 6.72. The molecule has 11 nitrogen and oxygen atoms in total. The van der Waals surface area contributed by atoms with Crippen LogP contribution in [0, 0.1) is 20.8 Å². The predicted molar refractivity (Wildman–Crippen MR) is 134 cm³/mol. The minimum absolute atomic E-state index is 0.191. The van der Waals surface area contributed by atoms with Gasteiger partial charge in [0.1, 0.15) is 11.0 Å². The molecule has 0 aliphatic carbocycles. The summed E-state index contributed by atoms with van der Waals surface area (Å²) in [5.41, 5.74) is 12.1. The fraction of sp³-hybridized carbons (Fsp3) is 0.458. The van der Waals surface area contributed by atoms with E-state index in [2.05, 4.69) is 67.4 Å². The minimum Gasteiger partial charge on any atom is -0.368 e. The quantitative estimate of drug-likeness (QED) is 0.409. The smallest absolute Gasteiger partial charge is 0.223 e. The van der Waals surface area contributed by atoms with E-state index in [1.165, 1.54) is 16.7 Å². The summed E-state index contributed by atoms with van der Waals surface area (Å²) in [6.45, 7) is 12.3. The summed E-state index contributed by atoms with van der Waals surface area (Å²) in [5.74, 6) is 1.85. The lowest BCUT2D eigenvalue weighted by molar-refractivity contribution is 0.148. The van der Waals surface area contributed by atoms with Crippen molar-refractivity contribution < 1.29 is 4.52 Å². The molecule has 0 spiro atoms. The number of likely N-dealkylation sites (N-methyl/N-ethyl adjacent to an activating group) is 1. The van der Waals surface area contributed by atoms with Crippen molar-refractivity contribution in [2.24, 2.45) is 0 Å². The van der Waals surface area contributed by atoms with Crippen LogP contribution < -0.4 is 11.1 Å². The maximum Gasteiger partial charge on any atom is 0.223 e. The summed E-state index contributed by atoms with van der Waals surface area (Å²) >= 11 is 0. The fourth-order valence-corrected chi connectivity index (χ4v) is 4.52. The Kier molecular flexibility index (Phi) is 6.35. The number of nitrogens with zero attached hydrogens (tertiary/aromatic N) is 8. The largest absolute Gasteiger partial charge is 0.368 e. The van der Waals surface area contributed by atoms with Crippen molar-refractivity contribution in [3.63, 3.8) is 0 Å². The first kappa shape index (κ1) is 23.2. The van der Waals surface area contributed by atoms with Crippen LogP contribution in [0.5, 0.6) is 0 Å². The highest BCUT2D eigenvalue weighted by Crippen LogP contribution is 2.26. The normalized spacial score (nSPS) is 15.2. The van der Waals surface area contributed by atoms with Crippen LogP contribution in [0.4, 0.5) is 11.8 Å². The van der Waals surface area contributed by atoms with Gasteiger partial charge in [0.05, 0.1) is 18.8 Å². The van der Waals surface area contributed by atoms with Crippen LogP contribution in [0.3, 0.4) is 0 Å². The van der Waals surface area contributed by atoms with Crippen molar-refractivity contribution in [3.05, 3.63) is 52.3 Å². The Morgan fingerprint density at radius 3 is 2.54 bits per heavy atom. The maximum atomic E-state index is 6.00. The maximum absolute atomic E-state index is 6.00. The molecule has 3 N–H and O–H groups in total. The number of benzene rings is 1. The summed E-state index contributed by atoms with van der Waals surface area (Å²) in [5, 5.41) is 12.0. The highest BCUT2D eigenvalue weighted by molar-refractivity contribution is 5.88. The van der Waals surface area contributed by atoms with Gasteiger partial charge in [-0.1, -0.05) is 23.4 Å². The van der Waals surface area contributed by atoms with Gasteiger partial charge in [0.25, 0.3) is 0 Å². The Morgan fingerprint density at radius 1 is 1.03 bits per heavy atom. The van der Waals surface area contributed by atoms with Gasteiger partial charge in [0.15, 0.2) is 11.6 Å². The molecular formula is C24H32N10O. The van der Waals surface area contributed by atoms with Crippen molar-refractivity contribution in [3.8, 4) is 0 Å². The van der Waals surface area contributed by atoms with E-state index in [1.807, 2.05) is 11.6 Å². The predicted octanol–water partition coefficient (Wildman–Crippen LogP) is 2.12. The van der Waals surface area contributed by atoms with Crippen molar-refractivity contribution in [2.75, 3.05) is 44.3 Å². The zero-order valence-corrected chi connectivity index (χ0v) is 20.7. The van der Waals surface area contributed by atoms with Crippen molar-refractivity contribution in [2.45, 2.75) is 40.4 Å². The molecule has 0 amide bonds. The third-order valence-electron chi connectivity index (χ3n) is 6.49. The molecule has 4 heterocycles. The highest BCUT2D eigenvalue weighted by atomic mass is 16.5. The Morgan fingerprint density at radius 2 is 1.83 bits per heavy atom. The van der Waals surface area contributed by atoms with E-state index in [1.54, 1.807) is 6.92 Å². The Bertz CT molecular complexity index is 1340. The van der Waals surface area contributed by atoms with E-state index < -0.39 is 0 Å². The van der Waals surface area contributed by atoms with Crippen molar-refractivity contribution >= 4 is 22.8 Å². The van der Waals surface area contributed by atoms with Crippen molar-refractivity contribution in [1.82, 2.24) is 39.7 Å². The summed E-state index contributed by atoms with van der Waals surface area (Å²) in [6.07, 6.45) is 0. The molecule has 5 rings (SSSR count). The van der Waals surface area contributed by atoms with Crippen molar-refractivity contribution in [1.29, 1.82) is 0 Å². The van der Waals surface area contributed by atoms with Gasteiger partial charge < -0.3 is 20.5 Å². The van der Waals surface area contributed by atoms with Gasteiger partial charge >= 0.3 is 0 Å². The molecule has 1 saturated heterocycles. The van der Waals surface area contributed by atoms with E-state index in [0.717, 1.165) is 49.5 Å². The molecule has 4 aromatic rings. The Hall–Kier alpha value is -3.57. The molecule has 1 aliphatic heterocycles. The lowest BCUT2D eigenvalue weighted by atomic mass is 10.0. The van der Waals surface area contributed by atoms with Gasteiger partial charge in [-0.15, -0.1) is 0 Å². The van der Waals surface area contributed by atoms with Gasteiger partial charge in [0.2, 0.25) is 11.8 Å². The highest BCUT2D eigenvalue weighted by Gasteiger charge is 2.18. The molecule has 3 aromatic heterocycles. The van der Waals surface area contributed by atoms with Crippen LogP contribution >= 0.6 is 0 Å². The van der Waals surface area contributed by atoms with Crippen LogP contribution in [0.2, 0.25) is 0 Å². The first-order chi connectivity index (χ1) is 16.9. The van der Waals surface area contributed by atoms with Gasteiger partial charge in [-0.05, 0) is 37.6 Å². The number of fused-ring (bicyclic) bond motifs is 1. The number of nitrogens with two attached hydrogens (primary N) is 1. The number of piperazine rings is 1. The molecule has 0 bridgehead atoms. The monoisotopic (exact) mass is 476 g/mol. The summed E-state index contributed by atoms with van der Waals surface area (Å²) in [7, 11) is 2.18. The average Bonchev–Trinajstić information content (AvgIpc) is 3.38. The van der Waals surface area contributed by atoms with Crippen LogP contribution in [-0.4, -0.2) is 72.9 Å². The molecule has 184 valence electrons. The van der Waals surface area contributed by atoms with E-state index in [0.29, 0.717) is 30.6 Å². The number of hydrogen-bond acceptors (Lipinski definition) is 10. The number of hydrogen-bond donors (Lipinski definition) is 2. The lowest BCUT2D eigenvalue weighted by Gasteiger charge is -2.32. The van der Waals surface area contributed by atoms with Gasteiger partial charge in [-0.25, -0.2) is 4.98 Å². The number of nitrogens with one attached hydrogen (secondary N) is 1. The number of aromatic nitrogens is 6. The van der Waals surface area contributed by atoms with Crippen LogP contribution in [0.25, 0.3) is 11.0 Å². The molecular weight excluding hydrogens is 444 g/mol. The fourth-order valence-electron chi connectivity index (χ4n) is 4.52. The van der Waals surface area contributed by atoms with E-state index in [-0.39, 0.29) is 5.95 Å². The second-order valence-corrected chi connectivity index (χ2v) is 9.29. The topological polar surface area (TPSA) is 127 Å². The second-order valence-electron chi connectivity index (χ2n) is 9.29. The molecule has 0 radical (unpaired) electrons. The van der Waals surface area contributed by atoms with Crippen LogP contribution in [0.15, 0.2) is 22.7 Å². The molecule has 35 heavy (non-hydrogen) atoms. The molecule has 1 aromatic carbocycles. The van der Waals surface area contributed by atoms with Gasteiger partial charge in [0, 0.05) is 39.6 Å². The molecule has 0 atom stereocenters. The molecule has 1 aliphatic rings. The standard InChI is InChI=1S/C24H32N10O/c1-15-11-18(13-33-9-7-32(4)8-10-33)5-6-19(15)14-34-22-21(16(2)30-34)28-24(25)29-23(22)26-12-20-27-17(3)35-31-20/h5-6,11H,7-10,12-14H2,1-4H3,(H3,25,26,28,29). The number of rotatable bonds is 7. The number of nitrogen functional groups attached to an aromatic ring is 1. The number of aryl methyl sites for hydroxylation is 3. The SMILES string of the molecule is Cc1nc(CNc2nc(N)nc3c(C)nn(Cc4ccc(CN5CCN(C)CC5)cc4C)c23)no1. The summed E-state index contributed by atoms with van der Waals surface area (Å²) in [4.78, 5) is 18.0. The third-order valence-corrected chi connectivity index (χ3v) is 6.49. The first-order valence-corrected chi connectivity index (χ1v) is 11.9. The zero-order chi connectivity index (χ0) is 24.5. The van der Waals surface area contributed by atoms with E-state index in [4.69, 9.17) is 15.4 Å². The average molecular weight is 477 g/mol. The lowest BCUT2D eigenvalue weighted by Crippen LogP contribution is -2.43. The van der Waals surface area contributed by atoms with E-state index in [9.17, 15) is 0 Å². The molecule has 1 fully saturated rings. The molecule has 11 heteroatoms. The molecule has 0 saturated carbocycles. The Balaban J connectivity index is 1.38.